The molecule has 1 aromatic carbocycles. The van der Waals surface area contributed by atoms with Crippen LogP contribution < -0.4 is 0 Å². The molecule has 1 aromatic rings. The van der Waals surface area contributed by atoms with Gasteiger partial charge in [-0.05, 0) is 63.7 Å². The van der Waals surface area contributed by atoms with Crippen molar-refractivity contribution in [3.8, 4) is 0 Å². The predicted molar refractivity (Wildman–Crippen MR) is 81.0 cm³/mol. The SMILES string of the molecule is Cc1ccc(C)c(C2CCCN2CCCCC(=O)O)c1. The summed E-state index contributed by atoms with van der Waals surface area (Å²) >= 11 is 0. The largest absolute Gasteiger partial charge is 0.481 e. The Labute approximate surface area is 121 Å². The van der Waals surface area contributed by atoms with Crippen molar-refractivity contribution >= 4 is 5.97 Å². The summed E-state index contributed by atoms with van der Waals surface area (Å²) in [5, 5.41) is 8.69. The fraction of sp³-hybridized carbons (Fsp3) is 0.588. The van der Waals surface area contributed by atoms with E-state index in [-0.39, 0.29) is 0 Å². The molecule has 1 N–H and O–H groups in total. The van der Waals surface area contributed by atoms with Crippen LogP contribution >= 0.6 is 0 Å². The number of carboxylic acids is 1. The molecule has 3 nitrogen and oxygen atoms in total. The number of carboxylic acid groups (broad SMARTS) is 1. The van der Waals surface area contributed by atoms with Gasteiger partial charge in [0.05, 0.1) is 0 Å². The zero-order valence-corrected chi connectivity index (χ0v) is 12.6. The first kappa shape index (κ1) is 15.0. The van der Waals surface area contributed by atoms with Gasteiger partial charge in [0.1, 0.15) is 0 Å². The van der Waals surface area contributed by atoms with Crippen LogP contribution in [0.15, 0.2) is 18.2 Å². The van der Waals surface area contributed by atoms with Crippen molar-refractivity contribution in [3.05, 3.63) is 34.9 Å². The number of carbonyl (C=O) groups is 1. The summed E-state index contributed by atoms with van der Waals surface area (Å²) in [6, 6.07) is 7.23. The second-order valence-electron chi connectivity index (χ2n) is 5.90. The molecule has 2 rings (SSSR count). The monoisotopic (exact) mass is 275 g/mol. The van der Waals surface area contributed by atoms with E-state index < -0.39 is 5.97 Å². The molecule has 110 valence electrons. The van der Waals surface area contributed by atoms with Gasteiger partial charge in [0, 0.05) is 12.5 Å². The number of aliphatic carboxylic acids is 1. The third kappa shape index (κ3) is 3.83. The maximum absolute atomic E-state index is 10.5. The molecule has 1 saturated heterocycles. The minimum absolute atomic E-state index is 0.294. The summed E-state index contributed by atoms with van der Waals surface area (Å²) < 4.78 is 0. The quantitative estimate of drug-likeness (QED) is 0.805. The normalized spacial score (nSPS) is 19.4. The van der Waals surface area contributed by atoms with Gasteiger partial charge in [0.15, 0.2) is 0 Å². The van der Waals surface area contributed by atoms with E-state index in [1.54, 1.807) is 0 Å². The van der Waals surface area contributed by atoms with Crippen LogP contribution in [0.4, 0.5) is 0 Å². The molecule has 3 heteroatoms. The summed E-state index contributed by atoms with van der Waals surface area (Å²) in [6.45, 7) is 6.50. The number of rotatable bonds is 6. The summed E-state index contributed by atoms with van der Waals surface area (Å²) in [5.41, 5.74) is 4.15. The van der Waals surface area contributed by atoms with Crippen molar-refractivity contribution < 1.29 is 9.90 Å². The van der Waals surface area contributed by atoms with Crippen LogP contribution in [0.5, 0.6) is 0 Å². The van der Waals surface area contributed by atoms with Gasteiger partial charge in [-0.15, -0.1) is 0 Å². The highest BCUT2D eigenvalue weighted by Crippen LogP contribution is 2.34. The number of hydrogen-bond acceptors (Lipinski definition) is 2. The van der Waals surface area contributed by atoms with E-state index in [1.807, 2.05) is 0 Å². The second-order valence-corrected chi connectivity index (χ2v) is 5.90. The van der Waals surface area contributed by atoms with E-state index in [0.29, 0.717) is 12.5 Å². The molecular weight excluding hydrogens is 250 g/mol. The smallest absolute Gasteiger partial charge is 0.303 e. The number of benzene rings is 1. The van der Waals surface area contributed by atoms with E-state index in [9.17, 15) is 4.79 Å². The van der Waals surface area contributed by atoms with Crippen molar-refractivity contribution in [3.63, 3.8) is 0 Å². The van der Waals surface area contributed by atoms with E-state index in [1.165, 1.54) is 29.5 Å². The van der Waals surface area contributed by atoms with E-state index >= 15 is 0 Å². The van der Waals surface area contributed by atoms with E-state index in [2.05, 4.69) is 36.9 Å². The van der Waals surface area contributed by atoms with Gasteiger partial charge in [-0.25, -0.2) is 0 Å². The molecule has 1 heterocycles. The molecule has 0 amide bonds. The molecule has 0 spiro atoms. The number of aryl methyl sites for hydroxylation is 2. The molecule has 0 aliphatic carbocycles. The first-order valence-electron chi connectivity index (χ1n) is 7.61. The Kier molecular flexibility index (Phi) is 5.18. The Morgan fingerprint density at radius 1 is 1.35 bits per heavy atom. The van der Waals surface area contributed by atoms with Crippen molar-refractivity contribution in [1.29, 1.82) is 0 Å². The average Bonchev–Trinajstić information content (AvgIpc) is 2.85. The van der Waals surface area contributed by atoms with Crippen LogP contribution in [0.25, 0.3) is 0 Å². The van der Waals surface area contributed by atoms with Crippen LogP contribution in [0.3, 0.4) is 0 Å². The molecule has 1 aliphatic heterocycles. The lowest BCUT2D eigenvalue weighted by atomic mass is 9.97. The number of unbranched alkanes of at least 4 members (excludes halogenated alkanes) is 1. The van der Waals surface area contributed by atoms with Crippen LogP contribution in [0, 0.1) is 13.8 Å². The zero-order chi connectivity index (χ0) is 14.5. The first-order valence-corrected chi connectivity index (χ1v) is 7.61. The summed E-state index contributed by atoms with van der Waals surface area (Å²) in [5.74, 6) is -0.683. The van der Waals surface area contributed by atoms with Gasteiger partial charge in [0.25, 0.3) is 0 Å². The third-order valence-corrected chi connectivity index (χ3v) is 4.24. The molecule has 1 fully saturated rings. The number of hydrogen-bond donors (Lipinski definition) is 1. The van der Waals surface area contributed by atoms with Gasteiger partial charge in [-0.2, -0.15) is 0 Å². The Hall–Kier alpha value is -1.35. The lowest BCUT2D eigenvalue weighted by molar-refractivity contribution is -0.137. The molecule has 0 saturated carbocycles. The topological polar surface area (TPSA) is 40.5 Å². The number of nitrogens with zero attached hydrogens (tertiary/aromatic N) is 1. The maximum atomic E-state index is 10.5. The van der Waals surface area contributed by atoms with Crippen molar-refractivity contribution in [1.82, 2.24) is 4.90 Å². The van der Waals surface area contributed by atoms with Gasteiger partial charge in [-0.3, -0.25) is 9.69 Å². The fourth-order valence-corrected chi connectivity index (χ4v) is 3.16. The second kappa shape index (κ2) is 6.89. The van der Waals surface area contributed by atoms with Crippen molar-refractivity contribution in [2.24, 2.45) is 0 Å². The minimum Gasteiger partial charge on any atom is -0.481 e. The first-order chi connectivity index (χ1) is 9.58. The molecule has 0 aromatic heterocycles. The van der Waals surface area contributed by atoms with E-state index in [0.717, 1.165) is 25.9 Å². The zero-order valence-electron chi connectivity index (χ0n) is 12.6. The standard InChI is InChI=1S/C17H25NO2/c1-13-8-9-14(2)15(12-13)16-6-5-11-18(16)10-4-3-7-17(19)20/h8-9,12,16H,3-7,10-11H2,1-2H3,(H,19,20). The number of likely N-dealkylation sites (tertiary alicyclic amines) is 1. The van der Waals surface area contributed by atoms with Crippen molar-refractivity contribution in [2.75, 3.05) is 13.1 Å². The van der Waals surface area contributed by atoms with Crippen LogP contribution in [-0.2, 0) is 4.79 Å². The molecule has 1 atom stereocenters. The van der Waals surface area contributed by atoms with Crippen molar-refractivity contribution in [2.45, 2.75) is 52.0 Å². The Bertz CT molecular complexity index is 470. The molecule has 0 bridgehead atoms. The summed E-state index contributed by atoms with van der Waals surface area (Å²) in [4.78, 5) is 13.1. The van der Waals surface area contributed by atoms with Crippen LogP contribution in [0.2, 0.25) is 0 Å². The average molecular weight is 275 g/mol. The summed E-state index contributed by atoms with van der Waals surface area (Å²) in [7, 11) is 0. The molecule has 20 heavy (non-hydrogen) atoms. The van der Waals surface area contributed by atoms with Gasteiger partial charge in [0.2, 0.25) is 0 Å². The van der Waals surface area contributed by atoms with E-state index in [4.69, 9.17) is 5.11 Å². The Balaban J connectivity index is 1.96. The molecule has 1 unspecified atom stereocenters. The van der Waals surface area contributed by atoms with Crippen LogP contribution in [0.1, 0.15) is 54.8 Å². The molecule has 0 radical (unpaired) electrons. The molecule has 1 aliphatic rings. The Morgan fingerprint density at radius 3 is 2.90 bits per heavy atom. The Morgan fingerprint density at radius 2 is 2.15 bits per heavy atom. The summed E-state index contributed by atoms with van der Waals surface area (Å²) in [6.07, 6.45) is 4.53. The fourth-order valence-electron chi connectivity index (χ4n) is 3.16. The predicted octanol–water partition coefficient (Wildman–Crippen LogP) is 3.70. The van der Waals surface area contributed by atoms with Gasteiger partial charge < -0.3 is 5.11 Å². The van der Waals surface area contributed by atoms with Crippen LogP contribution in [-0.4, -0.2) is 29.1 Å². The lowest BCUT2D eigenvalue weighted by Gasteiger charge is -2.26. The lowest BCUT2D eigenvalue weighted by Crippen LogP contribution is -2.25. The van der Waals surface area contributed by atoms with Gasteiger partial charge >= 0.3 is 5.97 Å². The minimum atomic E-state index is -0.683. The third-order valence-electron chi connectivity index (χ3n) is 4.24. The highest BCUT2D eigenvalue weighted by Gasteiger charge is 2.26. The highest BCUT2D eigenvalue weighted by atomic mass is 16.4. The van der Waals surface area contributed by atoms with Gasteiger partial charge in [-0.1, -0.05) is 23.8 Å². The molecular formula is C17H25NO2. The maximum Gasteiger partial charge on any atom is 0.303 e. The highest BCUT2D eigenvalue weighted by molar-refractivity contribution is 5.66.